The van der Waals surface area contributed by atoms with E-state index in [1.165, 1.54) is 5.57 Å². The van der Waals surface area contributed by atoms with Crippen molar-refractivity contribution in [3.05, 3.63) is 23.5 Å². The van der Waals surface area contributed by atoms with Crippen LogP contribution in [0.5, 0.6) is 0 Å². The van der Waals surface area contributed by atoms with Crippen LogP contribution in [-0.4, -0.2) is 17.8 Å². The van der Waals surface area contributed by atoms with E-state index >= 15 is 0 Å². The molecule has 0 heterocycles. The summed E-state index contributed by atoms with van der Waals surface area (Å²) >= 11 is 0. The molecule has 0 aromatic carbocycles. The van der Waals surface area contributed by atoms with Gasteiger partial charge in [-0.3, -0.25) is 0 Å². The minimum atomic E-state index is -0.151. The highest BCUT2D eigenvalue weighted by atomic mass is 16.5. The summed E-state index contributed by atoms with van der Waals surface area (Å²) in [4.78, 5) is 0. The molecule has 0 bridgehead atoms. The van der Waals surface area contributed by atoms with Crippen LogP contribution in [0.1, 0.15) is 60.3 Å². The lowest BCUT2D eigenvalue weighted by molar-refractivity contribution is -0.0558. The van der Waals surface area contributed by atoms with Crippen molar-refractivity contribution in [3.8, 4) is 0 Å². The second-order valence-electron chi connectivity index (χ2n) is 6.60. The zero-order valence-electron chi connectivity index (χ0n) is 14.1. The minimum absolute atomic E-state index is 0.151. The molecule has 1 N–H and O–H groups in total. The Morgan fingerprint density at radius 1 is 1.50 bits per heavy atom. The van der Waals surface area contributed by atoms with Crippen LogP contribution < -0.4 is 0 Å². The first-order valence-electron chi connectivity index (χ1n) is 7.98. The van der Waals surface area contributed by atoms with E-state index < -0.39 is 0 Å². The van der Waals surface area contributed by atoms with Gasteiger partial charge in [0.1, 0.15) is 0 Å². The molecule has 0 spiro atoms. The monoisotopic (exact) mass is 280 g/mol. The Hall–Kier alpha value is -0.760. The fraction of sp³-hybridized carbons (Fsp3) is 0.778. The molecule has 0 aromatic heterocycles. The Bertz CT molecular complexity index is 366. The standard InChI is InChI=1S/C18H32O2/c1-7-9-17(19)14(8-2)15-12-13(3)10-11-16(15)18(4,5)20-6/h9,12,14-16,19H,7-8,10-11H2,1-6H3/b17-9+. The number of rotatable bonds is 6. The highest BCUT2D eigenvalue weighted by Crippen LogP contribution is 2.43. The van der Waals surface area contributed by atoms with E-state index in [0.717, 1.165) is 25.7 Å². The van der Waals surface area contributed by atoms with Gasteiger partial charge in [-0.2, -0.15) is 0 Å². The summed E-state index contributed by atoms with van der Waals surface area (Å²) in [5.74, 6) is 1.59. The SMILES string of the molecule is CC/C=C(/O)C(CC)C1C=C(C)CCC1C(C)(C)OC. The van der Waals surface area contributed by atoms with Crippen molar-refractivity contribution in [3.63, 3.8) is 0 Å². The van der Waals surface area contributed by atoms with Crippen LogP contribution in [0.15, 0.2) is 23.5 Å². The third-order valence-electron chi connectivity index (χ3n) is 4.91. The Morgan fingerprint density at radius 3 is 2.65 bits per heavy atom. The Morgan fingerprint density at radius 2 is 2.15 bits per heavy atom. The van der Waals surface area contributed by atoms with Crippen LogP contribution >= 0.6 is 0 Å². The van der Waals surface area contributed by atoms with Gasteiger partial charge in [-0.1, -0.05) is 25.5 Å². The van der Waals surface area contributed by atoms with Crippen LogP contribution in [-0.2, 0) is 4.74 Å². The number of allylic oxidation sites excluding steroid dienone is 4. The molecule has 1 aliphatic carbocycles. The first kappa shape index (κ1) is 17.3. The summed E-state index contributed by atoms with van der Waals surface area (Å²) in [7, 11) is 1.80. The predicted octanol–water partition coefficient (Wildman–Crippen LogP) is 5.26. The predicted molar refractivity (Wildman–Crippen MR) is 85.8 cm³/mol. The maximum atomic E-state index is 10.4. The molecule has 1 aliphatic rings. The van der Waals surface area contributed by atoms with Crippen molar-refractivity contribution in [2.75, 3.05) is 7.11 Å². The topological polar surface area (TPSA) is 29.5 Å². The Labute approximate surface area is 124 Å². The average molecular weight is 280 g/mol. The van der Waals surface area contributed by atoms with E-state index in [-0.39, 0.29) is 11.5 Å². The smallest absolute Gasteiger partial charge is 0.0919 e. The first-order valence-corrected chi connectivity index (χ1v) is 7.98. The Balaban J connectivity index is 3.11. The molecule has 0 amide bonds. The largest absolute Gasteiger partial charge is 0.512 e. The van der Waals surface area contributed by atoms with Crippen LogP contribution in [0.3, 0.4) is 0 Å². The molecule has 0 fully saturated rings. The van der Waals surface area contributed by atoms with Gasteiger partial charge in [-0.05, 0) is 64.4 Å². The molecule has 0 aromatic rings. The van der Waals surface area contributed by atoms with E-state index in [1.54, 1.807) is 7.11 Å². The molecular formula is C18H32O2. The summed E-state index contributed by atoms with van der Waals surface area (Å²) in [6.07, 6.45) is 8.47. The molecule has 0 aliphatic heterocycles. The molecule has 2 nitrogen and oxygen atoms in total. The van der Waals surface area contributed by atoms with E-state index in [4.69, 9.17) is 4.74 Å². The van der Waals surface area contributed by atoms with Crippen molar-refractivity contribution < 1.29 is 9.84 Å². The maximum Gasteiger partial charge on any atom is 0.0919 e. The summed E-state index contributed by atoms with van der Waals surface area (Å²) < 4.78 is 5.75. The number of ether oxygens (including phenoxy) is 1. The zero-order valence-corrected chi connectivity index (χ0v) is 14.1. The lowest BCUT2D eigenvalue weighted by atomic mass is 9.66. The van der Waals surface area contributed by atoms with Gasteiger partial charge in [0, 0.05) is 13.0 Å². The normalized spacial score (nSPS) is 26.3. The van der Waals surface area contributed by atoms with E-state index in [0.29, 0.717) is 17.6 Å². The van der Waals surface area contributed by atoms with Crippen LogP contribution in [0.25, 0.3) is 0 Å². The number of aliphatic hydroxyl groups excluding tert-OH is 1. The van der Waals surface area contributed by atoms with Gasteiger partial charge in [0.25, 0.3) is 0 Å². The molecule has 0 saturated heterocycles. The molecule has 0 radical (unpaired) electrons. The van der Waals surface area contributed by atoms with E-state index in [1.807, 2.05) is 6.08 Å². The third kappa shape index (κ3) is 3.88. The summed E-state index contributed by atoms with van der Waals surface area (Å²) in [6, 6.07) is 0. The van der Waals surface area contributed by atoms with Gasteiger partial charge >= 0.3 is 0 Å². The number of methoxy groups -OCH3 is 1. The minimum Gasteiger partial charge on any atom is -0.512 e. The molecule has 0 saturated carbocycles. The zero-order chi connectivity index (χ0) is 15.3. The van der Waals surface area contributed by atoms with Gasteiger partial charge in [0.2, 0.25) is 0 Å². The van der Waals surface area contributed by atoms with Crippen LogP contribution in [0.4, 0.5) is 0 Å². The average Bonchev–Trinajstić information content (AvgIpc) is 2.39. The van der Waals surface area contributed by atoms with Gasteiger partial charge < -0.3 is 9.84 Å². The number of hydrogen-bond acceptors (Lipinski definition) is 2. The van der Waals surface area contributed by atoms with E-state index in [9.17, 15) is 5.11 Å². The van der Waals surface area contributed by atoms with Crippen molar-refractivity contribution in [1.29, 1.82) is 0 Å². The molecule has 1 rings (SSSR count). The van der Waals surface area contributed by atoms with Gasteiger partial charge in [-0.25, -0.2) is 0 Å². The fourth-order valence-electron chi connectivity index (χ4n) is 3.50. The molecule has 3 unspecified atom stereocenters. The van der Waals surface area contributed by atoms with Gasteiger partial charge in [-0.15, -0.1) is 0 Å². The number of hydrogen-bond donors (Lipinski definition) is 1. The van der Waals surface area contributed by atoms with Gasteiger partial charge in [0.05, 0.1) is 11.4 Å². The molecular weight excluding hydrogens is 248 g/mol. The second-order valence-corrected chi connectivity index (χ2v) is 6.60. The molecule has 116 valence electrons. The van der Waals surface area contributed by atoms with Crippen molar-refractivity contribution in [2.45, 2.75) is 65.9 Å². The first-order chi connectivity index (χ1) is 9.37. The highest BCUT2D eigenvalue weighted by Gasteiger charge is 2.40. The Kier molecular flexibility index (Phi) is 6.32. The van der Waals surface area contributed by atoms with E-state index in [2.05, 4.69) is 40.7 Å². The number of aliphatic hydroxyl groups is 1. The molecule has 3 atom stereocenters. The molecule has 2 heteroatoms. The third-order valence-corrected chi connectivity index (χ3v) is 4.91. The quantitative estimate of drug-likeness (QED) is 0.531. The maximum absolute atomic E-state index is 10.4. The lowest BCUT2D eigenvalue weighted by Crippen LogP contribution is -2.42. The van der Waals surface area contributed by atoms with Crippen molar-refractivity contribution in [2.24, 2.45) is 17.8 Å². The molecule has 20 heavy (non-hydrogen) atoms. The van der Waals surface area contributed by atoms with Crippen molar-refractivity contribution in [1.82, 2.24) is 0 Å². The summed E-state index contributed by atoms with van der Waals surface area (Å²) in [5, 5.41) is 10.4. The highest BCUT2D eigenvalue weighted by molar-refractivity contribution is 5.15. The summed E-state index contributed by atoms with van der Waals surface area (Å²) in [5.41, 5.74) is 1.29. The van der Waals surface area contributed by atoms with Crippen molar-refractivity contribution >= 4 is 0 Å². The summed E-state index contributed by atoms with van der Waals surface area (Å²) in [6.45, 7) is 10.8. The van der Waals surface area contributed by atoms with Crippen LogP contribution in [0, 0.1) is 17.8 Å². The lowest BCUT2D eigenvalue weighted by Gasteiger charge is -2.43. The van der Waals surface area contributed by atoms with Gasteiger partial charge in [0.15, 0.2) is 0 Å². The second kappa shape index (κ2) is 7.31. The fourth-order valence-corrected chi connectivity index (χ4v) is 3.50. The van der Waals surface area contributed by atoms with Crippen LogP contribution in [0.2, 0.25) is 0 Å².